The van der Waals surface area contributed by atoms with Crippen LogP contribution in [0.1, 0.15) is 21.5 Å². The molecule has 1 N–H and O–H groups in total. The Labute approximate surface area is 138 Å². The van der Waals surface area contributed by atoms with E-state index in [9.17, 15) is 4.79 Å². The molecule has 2 nitrogen and oxygen atoms in total. The lowest BCUT2D eigenvalue weighted by Gasteiger charge is -2.06. The second-order valence-corrected chi connectivity index (χ2v) is 6.56. The Morgan fingerprint density at radius 2 is 1.90 bits per heavy atom. The summed E-state index contributed by atoms with van der Waals surface area (Å²) in [7, 11) is 0. The van der Waals surface area contributed by atoms with Gasteiger partial charge < -0.3 is 4.98 Å². The largest absolute Gasteiger partial charge is 0.360 e. The number of aromatic nitrogens is 1. The SMILES string of the molecule is Cc1cccc(C(=O)c2c[nH]c3cccc(Br)c23)c1I. The highest BCUT2D eigenvalue weighted by Crippen LogP contribution is 2.29. The van der Waals surface area contributed by atoms with E-state index in [1.165, 1.54) is 0 Å². The molecule has 2 aromatic carbocycles. The first kappa shape index (κ1) is 13.8. The Hall–Kier alpha value is -1.14. The summed E-state index contributed by atoms with van der Waals surface area (Å²) in [6, 6.07) is 11.7. The molecule has 0 saturated carbocycles. The molecule has 4 heteroatoms. The van der Waals surface area contributed by atoms with E-state index in [4.69, 9.17) is 0 Å². The van der Waals surface area contributed by atoms with Crippen molar-refractivity contribution >= 4 is 55.2 Å². The lowest BCUT2D eigenvalue weighted by atomic mass is 10.0. The summed E-state index contributed by atoms with van der Waals surface area (Å²) in [6.45, 7) is 2.02. The highest BCUT2D eigenvalue weighted by atomic mass is 127. The van der Waals surface area contributed by atoms with Crippen molar-refractivity contribution in [2.24, 2.45) is 0 Å². The van der Waals surface area contributed by atoms with E-state index in [1.54, 1.807) is 6.20 Å². The van der Waals surface area contributed by atoms with Crippen LogP contribution in [0.5, 0.6) is 0 Å². The monoisotopic (exact) mass is 439 g/mol. The summed E-state index contributed by atoms with van der Waals surface area (Å²) < 4.78 is 1.94. The maximum Gasteiger partial charge on any atom is 0.196 e. The maximum atomic E-state index is 12.8. The standard InChI is InChI=1S/C16H11BrINO/c1-9-4-2-5-10(15(9)18)16(20)11-8-19-13-7-3-6-12(17)14(11)13/h2-8,19H,1H3. The van der Waals surface area contributed by atoms with E-state index in [0.29, 0.717) is 5.56 Å². The number of carbonyl (C=O) groups excluding carboxylic acids is 1. The minimum absolute atomic E-state index is 0.0521. The molecule has 0 saturated heterocycles. The van der Waals surface area contributed by atoms with Crippen LogP contribution in [0.25, 0.3) is 10.9 Å². The number of hydrogen-bond acceptors (Lipinski definition) is 1. The first-order valence-corrected chi connectivity index (χ1v) is 8.02. The number of rotatable bonds is 2. The lowest BCUT2D eigenvalue weighted by Crippen LogP contribution is -2.04. The van der Waals surface area contributed by atoms with Crippen LogP contribution >= 0.6 is 38.5 Å². The third-order valence-electron chi connectivity index (χ3n) is 3.34. The van der Waals surface area contributed by atoms with Gasteiger partial charge in [-0.15, -0.1) is 0 Å². The van der Waals surface area contributed by atoms with E-state index in [-0.39, 0.29) is 5.78 Å². The molecule has 0 bridgehead atoms. The van der Waals surface area contributed by atoms with Crippen molar-refractivity contribution in [1.29, 1.82) is 0 Å². The van der Waals surface area contributed by atoms with E-state index >= 15 is 0 Å². The molecule has 0 atom stereocenters. The number of carbonyl (C=O) groups is 1. The number of ketones is 1. The second-order valence-electron chi connectivity index (χ2n) is 4.63. The topological polar surface area (TPSA) is 32.9 Å². The molecule has 0 fully saturated rings. The molecule has 3 rings (SSSR count). The summed E-state index contributed by atoms with van der Waals surface area (Å²) in [6.07, 6.45) is 1.79. The summed E-state index contributed by atoms with van der Waals surface area (Å²) in [5, 5.41) is 0.940. The quantitative estimate of drug-likeness (QED) is 0.438. The molecule has 0 spiro atoms. The molecule has 0 aliphatic rings. The summed E-state index contributed by atoms with van der Waals surface area (Å²) in [4.78, 5) is 16.0. The summed E-state index contributed by atoms with van der Waals surface area (Å²) in [5.41, 5.74) is 3.54. The molecule has 0 aliphatic carbocycles. The van der Waals surface area contributed by atoms with Gasteiger partial charge in [0.25, 0.3) is 0 Å². The van der Waals surface area contributed by atoms with Gasteiger partial charge in [0.1, 0.15) is 0 Å². The maximum absolute atomic E-state index is 12.8. The minimum atomic E-state index is 0.0521. The fraction of sp³-hybridized carbons (Fsp3) is 0.0625. The molecule has 20 heavy (non-hydrogen) atoms. The van der Waals surface area contributed by atoms with Crippen molar-refractivity contribution in [2.45, 2.75) is 6.92 Å². The molecule has 1 aromatic heterocycles. The average molecular weight is 440 g/mol. The first-order valence-electron chi connectivity index (χ1n) is 6.15. The third kappa shape index (κ3) is 2.20. The Morgan fingerprint density at radius 3 is 2.70 bits per heavy atom. The highest BCUT2D eigenvalue weighted by molar-refractivity contribution is 14.1. The van der Waals surface area contributed by atoms with Gasteiger partial charge in [-0.1, -0.05) is 34.1 Å². The van der Waals surface area contributed by atoms with Gasteiger partial charge in [-0.25, -0.2) is 0 Å². The Kier molecular flexibility index (Phi) is 3.69. The van der Waals surface area contributed by atoms with Crippen LogP contribution in [0.4, 0.5) is 0 Å². The first-order chi connectivity index (χ1) is 9.59. The van der Waals surface area contributed by atoms with Crippen molar-refractivity contribution in [3.63, 3.8) is 0 Å². The van der Waals surface area contributed by atoms with Crippen molar-refractivity contribution in [1.82, 2.24) is 4.98 Å². The fourth-order valence-corrected chi connectivity index (χ4v) is 3.47. The third-order valence-corrected chi connectivity index (χ3v) is 5.43. The molecule has 3 aromatic rings. The van der Waals surface area contributed by atoms with E-state index < -0.39 is 0 Å². The molecule has 0 amide bonds. The lowest BCUT2D eigenvalue weighted by molar-refractivity contribution is 0.103. The van der Waals surface area contributed by atoms with Crippen LogP contribution in [-0.4, -0.2) is 10.8 Å². The molecule has 100 valence electrons. The average Bonchev–Trinajstić information content (AvgIpc) is 2.86. The van der Waals surface area contributed by atoms with E-state index in [1.807, 2.05) is 43.3 Å². The van der Waals surface area contributed by atoms with Crippen molar-refractivity contribution in [3.05, 3.63) is 67.3 Å². The van der Waals surface area contributed by atoms with Crippen LogP contribution in [0, 0.1) is 10.5 Å². The molecule has 0 unspecified atom stereocenters. The van der Waals surface area contributed by atoms with Crippen LogP contribution in [0.2, 0.25) is 0 Å². The number of aromatic amines is 1. The number of hydrogen-bond donors (Lipinski definition) is 1. The molecular formula is C16H11BrINO. The van der Waals surface area contributed by atoms with Crippen LogP contribution in [0.15, 0.2) is 47.1 Å². The van der Waals surface area contributed by atoms with Gasteiger partial charge in [-0.2, -0.15) is 0 Å². The van der Waals surface area contributed by atoms with Crippen molar-refractivity contribution < 1.29 is 4.79 Å². The summed E-state index contributed by atoms with van der Waals surface area (Å²) in [5.74, 6) is 0.0521. The number of aryl methyl sites for hydroxylation is 1. The summed E-state index contributed by atoms with van der Waals surface area (Å²) >= 11 is 5.76. The van der Waals surface area contributed by atoms with Gasteiger partial charge in [0.15, 0.2) is 5.78 Å². The minimum Gasteiger partial charge on any atom is -0.360 e. The van der Waals surface area contributed by atoms with E-state index in [0.717, 1.165) is 30.1 Å². The Morgan fingerprint density at radius 1 is 1.15 bits per heavy atom. The van der Waals surface area contributed by atoms with Crippen LogP contribution in [-0.2, 0) is 0 Å². The van der Waals surface area contributed by atoms with Gasteiger partial charge >= 0.3 is 0 Å². The van der Waals surface area contributed by atoms with Crippen molar-refractivity contribution in [3.8, 4) is 0 Å². The van der Waals surface area contributed by atoms with Gasteiger partial charge in [-0.05, 0) is 53.3 Å². The smallest absolute Gasteiger partial charge is 0.196 e. The fourth-order valence-electron chi connectivity index (χ4n) is 2.29. The van der Waals surface area contributed by atoms with Crippen molar-refractivity contribution in [2.75, 3.05) is 0 Å². The second kappa shape index (κ2) is 5.33. The predicted molar refractivity (Wildman–Crippen MR) is 93.3 cm³/mol. The molecule has 0 aliphatic heterocycles. The Balaban J connectivity index is 2.21. The normalized spacial score (nSPS) is 10.9. The zero-order valence-electron chi connectivity index (χ0n) is 10.7. The molecule has 0 radical (unpaired) electrons. The zero-order valence-corrected chi connectivity index (χ0v) is 14.4. The number of fused-ring (bicyclic) bond motifs is 1. The highest BCUT2D eigenvalue weighted by Gasteiger charge is 2.18. The van der Waals surface area contributed by atoms with Gasteiger partial charge in [0, 0.05) is 36.3 Å². The Bertz CT molecular complexity index is 822. The molecular weight excluding hydrogens is 429 g/mol. The number of benzene rings is 2. The molecule has 1 heterocycles. The predicted octanol–water partition coefficient (Wildman–Crippen LogP) is 5.07. The van der Waals surface area contributed by atoms with Crippen LogP contribution in [0.3, 0.4) is 0 Å². The zero-order chi connectivity index (χ0) is 14.3. The number of nitrogens with one attached hydrogen (secondary N) is 1. The number of halogens is 2. The van der Waals surface area contributed by atoms with Crippen LogP contribution < -0.4 is 0 Å². The van der Waals surface area contributed by atoms with Gasteiger partial charge in [0.2, 0.25) is 0 Å². The van der Waals surface area contributed by atoms with Gasteiger partial charge in [0.05, 0.1) is 0 Å². The van der Waals surface area contributed by atoms with E-state index in [2.05, 4.69) is 43.5 Å². The number of H-pyrrole nitrogens is 1. The van der Waals surface area contributed by atoms with Gasteiger partial charge in [-0.3, -0.25) is 4.79 Å².